The van der Waals surface area contributed by atoms with E-state index in [9.17, 15) is 4.79 Å². The van der Waals surface area contributed by atoms with Crippen LogP contribution in [0.2, 0.25) is 0 Å². The minimum Gasteiger partial charge on any atom is -0.457 e. The monoisotopic (exact) mass is 286 g/mol. The molecule has 0 bridgehead atoms. The average Bonchev–Trinajstić information content (AvgIpc) is 2.65. The van der Waals surface area contributed by atoms with E-state index in [1.165, 1.54) is 6.26 Å². The maximum absolute atomic E-state index is 12.0. The minimum absolute atomic E-state index is 0.0787. The van der Waals surface area contributed by atoms with Crippen molar-refractivity contribution in [1.82, 2.24) is 10.6 Å². The summed E-state index contributed by atoms with van der Waals surface area (Å²) >= 11 is 3.21. The number of carbonyl (C=O) groups is 1. The maximum atomic E-state index is 12.0. The van der Waals surface area contributed by atoms with Crippen LogP contribution in [0.15, 0.2) is 21.4 Å². The second-order valence-electron chi connectivity index (χ2n) is 4.37. The first-order valence-corrected chi connectivity index (χ1v) is 6.16. The SMILES string of the molecule is CC1(NC(=O)c2ccoc2Br)CCNCC1. The molecule has 4 nitrogen and oxygen atoms in total. The van der Waals surface area contributed by atoms with Gasteiger partial charge >= 0.3 is 0 Å². The Morgan fingerprint density at radius 2 is 2.25 bits per heavy atom. The number of amides is 1. The van der Waals surface area contributed by atoms with Gasteiger partial charge in [0.25, 0.3) is 5.91 Å². The molecule has 1 aliphatic rings. The highest BCUT2D eigenvalue weighted by atomic mass is 79.9. The molecule has 1 amide bonds. The highest BCUT2D eigenvalue weighted by molar-refractivity contribution is 9.10. The molecule has 88 valence electrons. The Kier molecular flexibility index (Phi) is 3.35. The van der Waals surface area contributed by atoms with Crippen molar-refractivity contribution in [1.29, 1.82) is 0 Å². The first-order chi connectivity index (χ1) is 7.61. The molecule has 2 rings (SSSR count). The molecule has 0 radical (unpaired) electrons. The highest BCUT2D eigenvalue weighted by Crippen LogP contribution is 2.21. The third-order valence-electron chi connectivity index (χ3n) is 2.99. The Morgan fingerprint density at radius 3 is 2.81 bits per heavy atom. The molecule has 0 aliphatic carbocycles. The van der Waals surface area contributed by atoms with E-state index >= 15 is 0 Å². The molecule has 2 N–H and O–H groups in total. The van der Waals surface area contributed by atoms with Gasteiger partial charge in [0.2, 0.25) is 0 Å². The van der Waals surface area contributed by atoms with E-state index in [0.29, 0.717) is 10.2 Å². The summed E-state index contributed by atoms with van der Waals surface area (Å²) in [5, 5.41) is 6.35. The predicted molar refractivity (Wildman–Crippen MR) is 64.4 cm³/mol. The van der Waals surface area contributed by atoms with Gasteiger partial charge in [0.05, 0.1) is 11.8 Å². The molecule has 0 atom stereocenters. The molecule has 0 aromatic carbocycles. The van der Waals surface area contributed by atoms with Gasteiger partial charge in [-0.05, 0) is 54.9 Å². The van der Waals surface area contributed by atoms with Gasteiger partial charge < -0.3 is 15.1 Å². The van der Waals surface area contributed by atoms with Crippen molar-refractivity contribution >= 4 is 21.8 Å². The minimum atomic E-state index is -0.112. The van der Waals surface area contributed by atoms with Gasteiger partial charge in [-0.3, -0.25) is 4.79 Å². The van der Waals surface area contributed by atoms with E-state index in [4.69, 9.17) is 4.42 Å². The topological polar surface area (TPSA) is 54.3 Å². The summed E-state index contributed by atoms with van der Waals surface area (Å²) in [6.07, 6.45) is 3.41. The summed E-state index contributed by atoms with van der Waals surface area (Å²) in [5.74, 6) is -0.0787. The second kappa shape index (κ2) is 4.59. The van der Waals surface area contributed by atoms with Crippen molar-refractivity contribution in [2.24, 2.45) is 0 Å². The summed E-state index contributed by atoms with van der Waals surface area (Å²) in [6, 6.07) is 1.67. The predicted octanol–water partition coefficient (Wildman–Crippen LogP) is 1.91. The summed E-state index contributed by atoms with van der Waals surface area (Å²) in [6.45, 7) is 3.98. The zero-order valence-electron chi connectivity index (χ0n) is 9.18. The van der Waals surface area contributed by atoms with E-state index in [-0.39, 0.29) is 11.4 Å². The molecule has 1 aliphatic heterocycles. The lowest BCUT2D eigenvalue weighted by atomic mass is 9.90. The van der Waals surface area contributed by atoms with Crippen molar-refractivity contribution in [3.05, 3.63) is 22.6 Å². The average molecular weight is 287 g/mol. The van der Waals surface area contributed by atoms with Crippen molar-refractivity contribution in [2.75, 3.05) is 13.1 Å². The zero-order chi connectivity index (χ0) is 11.6. The molecule has 16 heavy (non-hydrogen) atoms. The zero-order valence-corrected chi connectivity index (χ0v) is 10.8. The first-order valence-electron chi connectivity index (χ1n) is 5.37. The third kappa shape index (κ3) is 2.47. The normalized spacial score (nSPS) is 19.4. The van der Waals surface area contributed by atoms with Crippen LogP contribution in [-0.2, 0) is 0 Å². The molecule has 1 fully saturated rings. The second-order valence-corrected chi connectivity index (χ2v) is 5.09. The first kappa shape index (κ1) is 11.7. The Balaban J connectivity index is 2.04. The molecule has 0 spiro atoms. The van der Waals surface area contributed by atoms with Crippen LogP contribution in [-0.4, -0.2) is 24.5 Å². The van der Waals surface area contributed by atoms with Gasteiger partial charge in [-0.25, -0.2) is 0 Å². The molecule has 2 heterocycles. The number of rotatable bonds is 2. The Morgan fingerprint density at radius 1 is 1.56 bits per heavy atom. The van der Waals surface area contributed by atoms with E-state index in [1.807, 2.05) is 0 Å². The van der Waals surface area contributed by atoms with Gasteiger partial charge in [-0.15, -0.1) is 0 Å². The quantitative estimate of drug-likeness (QED) is 0.873. The van der Waals surface area contributed by atoms with Gasteiger partial charge in [0.15, 0.2) is 4.67 Å². The molecule has 5 heteroatoms. The van der Waals surface area contributed by atoms with Crippen LogP contribution in [0, 0.1) is 0 Å². The summed E-state index contributed by atoms with van der Waals surface area (Å²) in [4.78, 5) is 12.0. The Labute approximate surface area is 103 Å². The third-order valence-corrected chi connectivity index (χ3v) is 3.60. The van der Waals surface area contributed by atoms with E-state index in [2.05, 4.69) is 33.5 Å². The fourth-order valence-electron chi connectivity index (χ4n) is 1.90. The standard InChI is InChI=1S/C11H15BrN2O2/c1-11(3-5-13-6-4-11)14-10(15)8-2-7-16-9(8)12/h2,7,13H,3-6H2,1H3,(H,14,15). The summed E-state index contributed by atoms with van der Waals surface area (Å²) < 4.78 is 5.54. The summed E-state index contributed by atoms with van der Waals surface area (Å²) in [5.41, 5.74) is 0.443. The van der Waals surface area contributed by atoms with Crippen LogP contribution >= 0.6 is 15.9 Å². The van der Waals surface area contributed by atoms with Crippen molar-refractivity contribution in [2.45, 2.75) is 25.3 Å². The van der Waals surface area contributed by atoms with E-state index in [1.54, 1.807) is 6.07 Å². The van der Waals surface area contributed by atoms with Gasteiger partial charge in [0, 0.05) is 5.54 Å². The Hall–Kier alpha value is -0.810. The van der Waals surface area contributed by atoms with Crippen molar-refractivity contribution in [3.8, 4) is 0 Å². The van der Waals surface area contributed by atoms with Crippen LogP contribution < -0.4 is 10.6 Å². The van der Waals surface area contributed by atoms with Crippen LogP contribution in [0.4, 0.5) is 0 Å². The van der Waals surface area contributed by atoms with Gasteiger partial charge in [0.1, 0.15) is 0 Å². The maximum Gasteiger partial charge on any atom is 0.256 e. The van der Waals surface area contributed by atoms with Gasteiger partial charge in [-0.1, -0.05) is 0 Å². The van der Waals surface area contributed by atoms with Crippen LogP contribution in [0.3, 0.4) is 0 Å². The number of halogens is 1. The lowest BCUT2D eigenvalue weighted by Crippen LogP contribution is -2.52. The van der Waals surface area contributed by atoms with Crippen LogP contribution in [0.1, 0.15) is 30.1 Å². The largest absolute Gasteiger partial charge is 0.457 e. The van der Waals surface area contributed by atoms with Crippen LogP contribution in [0.5, 0.6) is 0 Å². The van der Waals surface area contributed by atoms with Crippen molar-refractivity contribution in [3.63, 3.8) is 0 Å². The fraction of sp³-hybridized carbons (Fsp3) is 0.545. The number of piperidine rings is 1. The molecular formula is C11H15BrN2O2. The smallest absolute Gasteiger partial charge is 0.256 e. The highest BCUT2D eigenvalue weighted by Gasteiger charge is 2.29. The number of hydrogen-bond donors (Lipinski definition) is 2. The van der Waals surface area contributed by atoms with Gasteiger partial charge in [-0.2, -0.15) is 0 Å². The molecule has 1 aromatic rings. The summed E-state index contributed by atoms with van der Waals surface area (Å²) in [7, 11) is 0. The molecule has 0 unspecified atom stereocenters. The molecule has 1 aromatic heterocycles. The number of nitrogens with one attached hydrogen (secondary N) is 2. The van der Waals surface area contributed by atoms with E-state index < -0.39 is 0 Å². The number of furan rings is 1. The Bertz CT molecular complexity index is 383. The molecule has 0 saturated carbocycles. The molecular weight excluding hydrogens is 272 g/mol. The number of hydrogen-bond acceptors (Lipinski definition) is 3. The lowest BCUT2D eigenvalue weighted by Gasteiger charge is -2.34. The number of carbonyl (C=O) groups excluding carboxylic acids is 1. The van der Waals surface area contributed by atoms with Crippen molar-refractivity contribution < 1.29 is 9.21 Å². The van der Waals surface area contributed by atoms with Crippen LogP contribution in [0.25, 0.3) is 0 Å². The van der Waals surface area contributed by atoms with E-state index in [0.717, 1.165) is 25.9 Å². The fourth-order valence-corrected chi connectivity index (χ4v) is 2.32. The molecule has 1 saturated heterocycles. The lowest BCUT2D eigenvalue weighted by molar-refractivity contribution is 0.0886.